The molecule has 8 heteroatoms. The van der Waals surface area contributed by atoms with Crippen LogP contribution < -0.4 is 5.32 Å². The predicted octanol–water partition coefficient (Wildman–Crippen LogP) is 1.55. The Morgan fingerprint density at radius 2 is 2.14 bits per heavy atom. The van der Waals surface area contributed by atoms with Gasteiger partial charge in [0.1, 0.15) is 5.69 Å². The molecule has 0 saturated carbocycles. The molecule has 1 aromatic carbocycles. The van der Waals surface area contributed by atoms with E-state index in [-0.39, 0.29) is 11.7 Å². The van der Waals surface area contributed by atoms with E-state index >= 15 is 0 Å². The van der Waals surface area contributed by atoms with Crippen LogP contribution in [0.1, 0.15) is 24.4 Å². The van der Waals surface area contributed by atoms with Gasteiger partial charge in [0.25, 0.3) is 0 Å². The minimum absolute atomic E-state index is 0.268. The van der Waals surface area contributed by atoms with Crippen LogP contribution in [-0.2, 0) is 4.74 Å². The van der Waals surface area contributed by atoms with Gasteiger partial charge in [-0.2, -0.15) is 4.68 Å². The van der Waals surface area contributed by atoms with Crippen molar-refractivity contribution in [1.82, 2.24) is 25.5 Å². The minimum atomic E-state index is -0.712. The molecular weight excluding hydrogens is 280 g/mol. The largest absolute Gasteiger partial charge is 0.383 e. The Morgan fingerprint density at radius 3 is 2.86 bits per heavy atom. The highest BCUT2D eigenvalue weighted by atomic mass is 19.1. The summed E-state index contributed by atoms with van der Waals surface area (Å²) in [6, 6.07) is 2.29. The summed E-state index contributed by atoms with van der Waals surface area (Å²) in [7, 11) is 1.59. The van der Waals surface area contributed by atoms with Crippen LogP contribution in [0.25, 0.3) is 5.69 Å². The third kappa shape index (κ3) is 3.22. The van der Waals surface area contributed by atoms with Crippen LogP contribution in [-0.4, -0.2) is 40.5 Å². The van der Waals surface area contributed by atoms with Crippen LogP contribution in [0.15, 0.2) is 12.1 Å². The molecule has 0 saturated heterocycles. The zero-order valence-corrected chi connectivity index (χ0v) is 12.1. The second kappa shape index (κ2) is 6.68. The van der Waals surface area contributed by atoms with Gasteiger partial charge in [-0.15, -0.1) is 5.10 Å². The maximum absolute atomic E-state index is 14.2. The fourth-order valence-corrected chi connectivity index (χ4v) is 1.93. The van der Waals surface area contributed by atoms with Gasteiger partial charge in [-0.05, 0) is 35.9 Å². The summed E-state index contributed by atoms with van der Waals surface area (Å²) in [5.74, 6) is -1.06. The first-order valence-corrected chi connectivity index (χ1v) is 6.51. The van der Waals surface area contributed by atoms with Gasteiger partial charge in [0.2, 0.25) is 0 Å². The zero-order valence-electron chi connectivity index (χ0n) is 12.1. The molecule has 1 heterocycles. The van der Waals surface area contributed by atoms with E-state index in [4.69, 9.17) is 4.74 Å². The Bertz CT molecular complexity index is 617. The number of hydrogen-bond acceptors (Lipinski definition) is 5. The van der Waals surface area contributed by atoms with Crippen molar-refractivity contribution in [3.05, 3.63) is 35.2 Å². The number of hydrogen-bond donors (Lipinski definition) is 1. The van der Waals surface area contributed by atoms with E-state index in [9.17, 15) is 8.78 Å². The Hall–Kier alpha value is -1.93. The molecule has 0 spiro atoms. The van der Waals surface area contributed by atoms with Crippen molar-refractivity contribution < 1.29 is 13.5 Å². The summed E-state index contributed by atoms with van der Waals surface area (Å²) < 4.78 is 34.1. The van der Waals surface area contributed by atoms with E-state index in [0.717, 1.165) is 4.68 Å². The SMILES string of the molecule is COCCNC(C)c1nnnn1-c1c(F)ccc(C)c1F. The molecule has 0 aliphatic heterocycles. The Morgan fingerprint density at radius 1 is 1.38 bits per heavy atom. The second-order valence-corrected chi connectivity index (χ2v) is 4.64. The van der Waals surface area contributed by atoms with Crippen molar-refractivity contribution in [2.24, 2.45) is 0 Å². The number of nitrogens with zero attached hydrogens (tertiary/aromatic N) is 4. The number of rotatable bonds is 6. The fraction of sp³-hybridized carbons (Fsp3) is 0.462. The van der Waals surface area contributed by atoms with Crippen LogP contribution in [0, 0.1) is 18.6 Å². The molecule has 6 nitrogen and oxygen atoms in total. The van der Waals surface area contributed by atoms with Crippen molar-refractivity contribution in [2.45, 2.75) is 19.9 Å². The molecule has 0 radical (unpaired) electrons. The molecule has 0 aliphatic carbocycles. The average Bonchev–Trinajstić information content (AvgIpc) is 2.93. The van der Waals surface area contributed by atoms with E-state index in [2.05, 4.69) is 20.8 Å². The normalized spacial score (nSPS) is 12.6. The molecule has 1 aromatic heterocycles. The second-order valence-electron chi connectivity index (χ2n) is 4.64. The zero-order chi connectivity index (χ0) is 15.4. The van der Waals surface area contributed by atoms with Gasteiger partial charge in [-0.1, -0.05) is 6.07 Å². The van der Waals surface area contributed by atoms with E-state index < -0.39 is 11.6 Å². The van der Waals surface area contributed by atoms with E-state index in [1.54, 1.807) is 14.0 Å². The number of benzene rings is 1. The monoisotopic (exact) mass is 297 g/mol. The number of methoxy groups -OCH3 is 1. The third-order valence-corrected chi connectivity index (χ3v) is 3.11. The van der Waals surface area contributed by atoms with Crippen molar-refractivity contribution in [2.75, 3.05) is 20.3 Å². The molecule has 114 valence electrons. The molecule has 1 atom stereocenters. The van der Waals surface area contributed by atoms with Gasteiger partial charge in [0.05, 0.1) is 12.6 Å². The quantitative estimate of drug-likeness (QED) is 0.820. The lowest BCUT2D eigenvalue weighted by atomic mass is 10.2. The van der Waals surface area contributed by atoms with Gasteiger partial charge in [0.15, 0.2) is 17.5 Å². The minimum Gasteiger partial charge on any atom is -0.383 e. The molecule has 2 rings (SSSR count). The van der Waals surface area contributed by atoms with Crippen molar-refractivity contribution >= 4 is 0 Å². The lowest BCUT2D eigenvalue weighted by Gasteiger charge is -2.14. The molecule has 2 aromatic rings. The molecule has 0 amide bonds. The van der Waals surface area contributed by atoms with E-state index in [1.807, 2.05) is 6.92 Å². The van der Waals surface area contributed by atoms with Crippen molar-refractivity contribution in [3.63, 3.8) is 0 Å². The van der Waals surface area contributed by atoms with Gasteiger partial charge in [-0.25, -0.2) is 8.78 Å². The van der Waals surface area contributed by atoms with Crippen LogP contribution in [0.4, 0.5) is 8.78 Å². The van der Waals surface area contributed by atoms with E-state index in [0.29, 0.717) is 24.5 Å². The number of ether oxygens (including phenoxy) is 1. The van der Waals surface area contributed by atoms with Gasteiger partial charge >= 0.3 is 0 Å². The van der Waals surface area contributed by atoms with Gasteiger partial charge < -0.3 is 10.1 Å². The Kier molecular flexibility index (Phi) is 4.92. The summed E-state index contributed by atoms with van der Waals surface area (Å²) in [6.07, 6.45) is 0. The molecule has 0 aliphatic rings. The molecule has 1 N–H and O–H groups in total. The molecule has 0 bridgehead atoms. The predicted molar refractivity (Wildman–Crippen MR) is 72.1 cm³/mol. The summed E-state index contributed by atoms with van der Waals surface area (Å²) in [4.78, 5) is 0. The first-order chi connectivity index (χ1) is 10.1. The fourth-order valence-electron chi connectivity index (χ4n) is 1.93. The molecular formula is C13H17F2N5O. The van der Waals surface area contributed by atoms with Crippen LogP contribution in [0.3, 0.4) is 0 Å². The highest BCUT2D eigenvalue weighted by Gasteiger charge is 2.21. The van der Waals surface area contributed by atoms with Crippen molar-refractivity contribution in [3.8, 4) is 5.69 Å². The van der Waals surface area contributed by atoms with Crippen LogP contribution in [0.5, 0.6) is 0 Å². The Balaban J connectivity index is 2.35. The molecule has 21 heavy (non-hydrogen) atoms. The highest BCUT2D eigenvalue weighted by Crippen LogP contribution is 2.22. The molecule has 1 unspecified atom stereocenters. The van der Waals surface area contributed by atoms with Crippen molar-refractivity contribution in [1.29, 1.82) is 0 Å². The van der Waals surface area contributed by atoms with E-state index in [1.165, 1.54) is 12.1 Å². The third-order valence-electron chi connectivity index (χ3n) is 3.11. The lowest BCUT2D eigenvalue weighted by molar-refractivity contribution is 0.196. The number of halogens is 2. The Labute approximate surface area is 121 Å². The topological polar surface area (TPSA) is 64.9 Å². The van der Waals surface area contributed by atoms with Crippen LogP contribution in [0.2, 0.25) is 0 Å². The average molecular weight is 297 g/mol. The first kappa shape index (κ1) is 15.5. The van der Waals surface area contributed by atoms with Crippen LogP contribution >= 0.6 is 0 Å². The summed E-state index contributed by atoms with van der Waals surface area (Å²) in [5.41, 5.74) is 0.0586. The first-order valence-electron chi connectivity index (χ1n) is 6.51. The number of nitrogens with one attached hydrogen (secondary N) is 1. The summed E-state index contributed by atoms with van der Waals surface area (Å²) >= 11 is 0. The number of aromatic nitrogens is 4. The smallest absolute Gasteiger partial charge is 0.173 e. The number of aryl methyl sites for hydroxylation is 1. The van der Waals surface area contributed by atoms with Gasteiger partial charge in [-0.3, -0.25) is 0 Å². The summed E-state index contributed by atoms with van der Waals surface area (Å²) in [6.45, 7) is 4.45. The lowest BCUT2D eigenvalue weighted by Crippen LogP contribution is -2.26. The standard InChI is InChI=1S/C13H17F2N5O/c1-8-4-5-10(14)12(11(8)15)20-13(17-18-19-20)9(2)16-6-7-21-3/h4-5,9,16H,6-7H2,1-3H3. The maximum atomic E-state index is 14.2. The maximum Gasteiger partial charge on any atom is 0.173 e. The van der Waals surface area contributed by atoms with Gasteiger partial charge in [0, 0.05) is 13.7 Å². The number of tetrazole rings is 1. The highest BCUT2D eigenvalue weighted by molar-refractivity contribution is 5.39. The molecule has 0 fully saturated rings. The summed E-state index contributed by atoms with van der Waals surface area (Å²) in [5, 5.41) is 14.2.